The highest BCUT2D eigenvalue weighted by Crippen LogP contribution is 2.43. The van der Waals surface area contributed by atoms with Crippen molar-refractivity contribution < 1.29 is 37.6 Å². The maximum absolute atomic E-state index is 12.8. The largest absolute Gasteiger partial charge is 0.472 e. The van der Waals surface area contributed by atoms with Crippen LogP contribution in [0.1, 0.15) is 348 Å². The van der Waals surface area contributed by atoms with Crippen LogP contribution in [-0.4, -0.2) is 49.3 Å². The van der Waals surface area contributed by atoms with Crippen LogP contribution in [0.2, 0.25) is 0 Å². The zero-order valence-electron chi connectivity index (χ0n) is 55.6. The summed E-state index contributed by atoms with van der Waals surface area (Å²) in [7, 11) is -4.40. The Morgan fingerprint density at radius 2 is 0.647 bits per heavy atom. The van der Waals surface area contributed by atoms with Crippen molar-refractivity contribution in [3.05, 3.63) is 85.1 Å². The number of rotatable bonds is 68. The van der Waals surface area contributed by atoms with Gasteiger partial charge in [-0.1, -0.05) is 349 Å². The van der Waals surface area contributed by atoms with Gasteiger partial charge in [-0.25, -0.2) is 4.57 Å². The van der Waals surface area contributed by atoms with E-state index in [9.17, 15) is 19.0 Å². The summed E-state index contributed by atoms with van der Waals surface area (Å²) in [6.45, 7) is 3.66. The first kappa shape index (κ1) is 82.2. The molecule has 0 aromatic carbocycles. The summed E-state index contributed by atoms with van der Waals surface area (Å²) < 4.78 is 33.2. The molecule has 0 amide bonds. The minimum absolute atomic E-state index is 0.0490. The van der Waals surface area contributed by atoms with E-state index in [0.717, 1.165) is 89.9 Å². The number of hydrogen-bond acceptors (Lipinski definition) is 8. The first-order valence-corrected chi connectivity index (χ1v) is 37.6. The molecule has 0 fully saturated rings. The van der Waals surface area contributed by atoms with E-state index in [2.05, 4.69) is 98.9 Å². The number of phosphoric ester groups is 1. The normalized spacial score (nSPS) is 13.4. The summed E-state index contributed by atoms with van der Waals surface area (Å²) >= 11 is 0. The Kier molecular flexibility index (Phi) is 68.0. The van der Waals surface area contributed by atoms with Crippen molar-refractivity contribution in [2.24, 2.45) is 5.73 Å². The number of phosphoric acid groups is 1. The Hall–Kier alpha value is -2.81. The predicted molar refractivity (Wildman–Crippen MR) is 367 cm³/mol. The van der Waals surface area contributed by atoms with Crippen LogP contribution in [0.3, 0.4) is 0 Å². The molecule has 2 unspecified atom stereocenters. The Labute approximate surface area is 525 Å². The third-order valence-corrected chi connectivity index (χ3v) is 16.8. The summed E-state index contributed by atoms with van der Waals surface area (Å²) in [5.74, 6) is -0.830. The maximum atomic E-state index is 12.8. The molecular weight excluding hydrogens is 1070 g/mol. The van der Waals surface area contributed by atoms with E-state index >= 15 is 0 Å². The van der Waals surface area contributed by atoms with Crippen LogP contribution in [0.5, 0.6) is 0 Å². The van der Waals surface area contributed by atoms with Crippen molar-refractivity contribution in [1.29, 1.82) is 0 Å². The standard InChI is InChI=1S/C75H136NO8P/c1-3-5-7-9-11-13-15-17-19-21-23-25-27-29-31-33-34-35-36-37-38-40-41-43-45-47-49-51-53-55-57-59-61-63-65-67-74(77)81-71-73(72-83-85(79,80)82-70-69-76)84-75(78)68-66-64-62-60-58-56-54-52-50-48-46-44-42-39-32-30-28-26-24-22-20-18-16-14-12-10-8-6-4-2/h6,8,12,14,18,20,24,26,30,32,42,44,48,50,73H,3-5,7,9-11,13,15-17,19,21-23,25,27-29,31,33-41,43,45-47,49,51-72,76H2,1-2H3,(H,79,80)/b8-6-,14-12-,20-18-,26-24-,32-30-,44-42-,50-48-. The average molecular weight is 1210 g/mol. The van der Waals surface area contributed by atoms with Crippen molar-refractivity contribution >= 4 is 19.8 Å². The Balaban J connectivity index is 3.86. The van der Waals surface area contributed by atoms with Gasteiger partial charge in [0, 0.05) is 19.4 Å². The molecular formula is C75H136NO8P. The third-order valence-electron chi connectivity index (χ3n) is 15.8. The molecule has 85 heavy (non-hydrogen) atoms. The van der Waals surface area contributed by atoms with Gasteiger partial charge in [-0.05, 0) is 70.6 Å². The van der Waals surface area contributed by atoms with E-state index in [1.807, 2.05) is 0 Å². The molecule has 0 aromatic heterocycles. The molecule has 0 aliphatic heterocycles. The molecule has 3 N–H and O–H groups in total. The highest BCUT2D eigenvalue weighted by Gasteiger charge is 2.26. The van der Waals surface area contributed by atoms with Crippen LogP contribution >= 0.6 is 7.82 Å². The first-order chi connectivity index (χ1) is 41.8. The topological polar surface area (TPSA) is 134 Å². The van der Waals surface area contributed by atoms with Gasteiger partial charge in [-0.15, -0.1) is 0 Å². The fraction of sp³-hybridized carbons (Fsp3) is 0.787. The molecule has 0 saturated carbocycles. The number of esters is 2. The summed E-state index contributed by atoms with van der Waals surface area (Å²) in [6, 6.07) is 0. The fourth-order valence-corrected chi connectivity index (χ4v) is 11.3. The van der Waals surface area contributed by atoms with Crippen LogP contribution in [0.15, 0.2) is 85.1 Å². The number of allylic oxidation sites excluding steroid dienone is 14. The molecule has 0 radical (unpaired) electrons. The number of nitrogens with two attached hydrogens (primary N) is 1. The van der Waals surface area contributed by atoms with Gasteiger partial charge in [0.15, 0.2) is 6.10 Å². The van der Waals surface area contributed by atoms with Crippen LogP contribution in [0.25, 0.3) is 0 Å². The zero-order valence-corrected chi connectivity index (χ0v) is 56.5. The molecule has 0 aliphatic rings. The molecule has 9 nitrogen and oxygen atoms in total. The number of hydrogen-bond donors (Lipinski definition) is 2. The smallest absolute Gasteiger partial charge is 0.462 e. The van der Waals surface area contributed by atoms with E-state index in [4.69, 9.17) is 24.3 Å². The highest BCUT2D eigenvalue weighted by molar-refractivity contribution is 7.47. The van der Waals surface area contributed by atoms with Crippen LogP contribution in [0, 0.1) is 0 Å². The molecule has 0 saturated heterocycles. The number of carbonyl (C=O) groups is 2. The van der Waals surface area contributed by atoms with Gasteiger partial charge in [0.2, 0.25) is 0 Å². The fourth-order valence-electron chi connectivity index (χ4n) is 10.5. The lowest BCUT2D eigenvalue weighted by atomic mass is 10.0. The average Bonchev–Trinajstić information content (AvgIpc) is 3.52. The Morgan fingerprint density at radius 1 is 0.365 bits per heavy atom. The summed E-state index contributed by atoms with van der Waals surface area (Å²) in [5.41, 5.74) is 5.40. The van der Waals surface area contributed by atoms with Crippen LogP contribution in [-0.2, 0) is 32.7 Å². The van der Waals surface area contributed by atoms with Crippen LogP contribution < -0.4 is 5.73 Å². The third kappa shape index (κ3) is 70.2. The van der Waals surface area contributed by atoms with Crippen molar-refractivity contribution in [3.8, 4) is 0 Å². The summed E-state index contributed by atoms with van der Waals surface area (Å²) in [6.07, 6.45) is 94.1. The molecule has 10 heteroatoms. The maximum Gasteiger partial charge on any atom is 0.472 e. The molecule has 0 spiro atoms. The van der Waals surface area contributed by atoms with Gasteiger partial charge >= 0.3 is 19.8 Å². The minimum atomic E-state index is -4.40. The monoisotopic (exact) mass is 1210 g/mol. The van der Waals surface area contributed by atoms with E-state index < -0.39 is 26.5 Å². The van der Waals surface area contributed by atoms with Gasteiger partial charge in [-0.3, -0.25) is 18.6 Å². The van der Waals surface area contributed by atoms with Crippen molar-refractivity contribution in [1.82, 2.24) is 0 Å². The molecule has 0 heterocycles. The lowest BCUT2D eigenvalue weighted by Gasteiger charge is -2.19. The lowest BCUT2D eigenvalue weighted by molar-refractivity contribution is -0.161. The second-order valence-electron chi connectivity index (χ2n) is 24.1. The number of unbranched alkanes of at least 4 members (excludes halogenated alkanes) is 41. The van der Waals surface area contributed by atoms with Gasteiger partial charge in [-0.2, -0.15) is 0 Å². The number of ether oxygens (including phenoxy) is 2. The molecule has 0 aliphatic carbocycles. The second-order valence-corrected chi connectivity index (χ2v) is 25.5. The van der Waals surface area contributed by atoms with Gasteiger partial charge in [0.25, 0.3) is 0 Å². The predicted octanol–water partition coefficient (Wildman–Crippen LogP) is 23.8. The quantitative estimate of drug-likeness (QED) is 0.0264. The minimum Gasteiger partial charge on any atom is -0.462 e. The SMILES string of the molecule is CC/C=C\C/C=C\C/C=C\C/C=C\C/C=C\C/C=C\C/C=C\CCCCCCCCCC(=O)OC(COC(=O)CCCCCCCCCCCCCCCCCCCCCCCCCCCCCCCCCCCCC)COP(=O)(O)OCCN. The number of carbonyl (C=O) groups excluding carboxylic acids is 2. The Bertz CT molecular complexity index is 1670. The van der Waals surface area contributed by atoms with E-state index in [0.29, 0.717) is 6.42 Å². The highest BCUT2D eigenvalue weighted by atomic mass is 31.2. The second kappa shape index (κ2) is 70.3. The van der Waals surface area contributed by atoms with Crippen LogP contribution in [0.4, 0.5) is 0 Å². The van der Waals surface area contributed by atoms with E-state index in [1.165, 1.54) is 225 Å². The van der Waals surface area contributed by atoms with E-state index in [-0.39, 0.29) is 38.6 Å². The van der Waals surface area contributed by atoms with Gasteiger partial charge in [0.05, 0.1) is 13.2 Å². The van der Waals surface area contributed by atoms with Gasteiger partial charge < -0.3 is 20.1 Å². The summed E-state index contributed by atoms with van der Waals surface area (Å²) in [4.78, 5) is 35.4. The van der Waals surface area contributed by atoms with Crippen molar-refractivity contribution in [2.75, 3.05) is 26.4 Å². The molecule has 0 bridgehead atoms. The first-order valence-electron chi connectivity index (χ1n) is 36.1. The summed E-state index contributed by atoms with van der Waals surface area (Å²) in [5, 5.41) is 0. The Morgan fingerprint density at radius 3 is 0.965 bits per heavy atom. The molecule has 494 valence electrons. The molecule has 0 rings (SSSR count). The van der Waals surface area contributed by atoms with Crippen molar-refractivity contribution in [2.45, 2.75) is 354 Å². The molecule has 2 atom stereocenters. The van der Waals surface area contributed by atoms with E-state index in [1.54, 1.807) is 0 Å². The van der Waals surface area contributed by atoms with Crippen molar-refractivity contribution in [3.63, 3.8) is 0 Å². The van der Waals surface area contributed by atoms with Gasteiger partial charge in [0.1, 0.15) is 6.61 Å². The molecule has 0 aromatic rings. The lowest BCUT2D eigenvalue weighted by Crippen LogP contribution is -2.29. The zero-order chi connectivity index (χ0) is 61.6.